The van der Waals surface area contributed by atoms with E-state index in [0.29, 0.717) is 0 Å². The number of nitrogens with one attached hydrogen (secondary N) is 1. The van der Waals surface area contributed by atoms with Crippen LogP contribution in [0, 0.1) is 11.6 Å². The minimum absolute atomic E-state index is 0. The van der Waals surface area contributed by atoms with Gasteiger partial charge in [0.25, 0.3) is 5.91 Å². The minimum Gasteiger partial charge on any atom is -0.290 e. The maximum absolute atomic E-state index is 12.8. The molecule has 78 valence electrons. The lowest BCUT2D eigenvalue weighted by Gasteiger charge is -2.01. The molecule has 1 aromatic carbocycles. The van der Waals surface area contributed by atoms with E-state index < -0.39 is 17.5 Å². The first kappa shape index (κ1) is 13.3. The summed E-state index contributed by atoms with van der Waals surface area (Å²) in [5, 5.41) is 0. The van der Waals surface area contributed by atoms with E-state index in [1.165, 1.54) is 0 Å². The van der Waals surface area contributed by atoms with E-state index in [4.69, 9.17) is 5.84 Å². The van der Waals surface area contributed by atoms with Gasteiger partial charge >= 0.3 is 0 Å². The quantitative estimate of drug-likeness (QED) is 0.358. The van der Waals surface area contributed by atoms with Crippen molar-refractivity contribution in [1.82, 2.24) is 5.43 Å². The molecule has 1 aromatic rings. The predicted octanol–water partition coefficient (Wildman–Crippen LogP) is 1.75. The van der Waals surface area contributed by atoms with Crippen molar-refractivity contribution in [3.05, 3.63) is 33.8 Å². The summed E-state index contributed by atoms with van der Waals surface area (Å²) in [5.74, 6) is 2.34. The smallest absolute Gasteiger partial charge is 0.265 e. The van der Waals surface area contributed by atoms with E-state index in [-0.39, 0.29) is 22.4 Å². The van der Waals surface area contributed by atoms with Gasteiger partial charge in [-0.1, -0.05) is 0 Å². The van der Waals surface area contributed by atoms with Gasteiger partial charge < -0.3 is 0 Å². The van der Waals surface area contributed by atoms with E-state index in [2.05, 4.69) is 15.9 Å². The minimum atomic E-state index is -0.849. The molecule has 0 saturated carbocycles. The Kier molecular flexibility index (Phi) is 4.96. The van der Waals surface area contributed by atoms with Gasteiger partial charge in [-0.2, -0.15) is 0 Å². The molecule has 0 aliphatic carbocycles. The summed E-state index contributed by atoms with van der Waals surface area (Å²) in [7, 11) is 0. The van der Waals surface area contributed by atoms with Gasteiger partial charge in [0.15, 0.2) is 0 Å². The van der Waals surface area contributed by atoms with E-state index in [1.54, 1.807) is 5.43 Å². The van der Waals surface area contributed by atoms with Crippen LogP contribution in [-0.2, 0) is 0 Å². The highest BCUT2D eigenvalue weighted by Gasteiger charge is 2.12. The summed E-state index contributed by atoms with van der Waals surface area (Å²) in [6, 6.07) is 1.77. The molecule has 0 aromatic heterocycles. The monoisotopic (exact) mass is 286 g/mol. The van der Waals surface area contributed by atoms with Crippen LogP contribution in [0.2, 0.25) is 0 Å². The zero-order valence-electron chi connectivity index (χ0n) is 6.68. The van der Waals surface area contributed by atoms with Gasteiger partial charge in [0.1, 0.15) is 11.6 Å². The first-order valence-electron chi connectivity index (χ1n) is 3.21. The predicted molar refractivity (Wildman–Crippen MR) is 53.0 cm³/mol. The number of amides is 1. The number of nitrogens with two attached hydrogens (primary N) is 1. The lowest BCUT2D eigenvalue weighted by atomic mass is 10.2. The molecule has 7 heteroatoms. The molecular weight excluding hydrogens is 281 g/mol. The number of hydrogen-bond acceptors (Lipinski definition) is 2. The highest BCUT2D eigenvalue weighted by atomic mass is 79.9. The van der Waals surface area contributed by atoms with E-state index >= 15 is 0 Å². The molecule has 0 aliphatic rings. The van der Waals surface area contributed by atoms with Crippen LogP contribution in [0.4, 0.5) is 8.78 Å². The fourth-order valence-corrected chi connectivity index (χ4v) is 0.999. The summed E-state index contributed by atoms with van der Waals surface area (Å²) in [6.07, 6.45) is 0. The van der Waals surface area contributed by atoms with Gasteiger partial charge in [-0.15, -0.1) is 12.4 Å². The molecule has 1 amide bonds. The number of carbonyl (C=O) groups is 1. The third-order valence-electron chi connectivity index (χ3n) is 1.38. The van der Waals surface area contributed by atoms with Crippen molar-refractivity contribution in [2.75, 3.05) is 0 Å². The molecule has 0 saturated heterocycles. The van der Waals surface area contributed by atoms with Crippen LogP contribution in [0.25, 0.3) is 0 Å². The highest BCUT2D eigenvalue weighted by molar-refractivity contribution is 9.10. The molecule has 3 nitrogen and oxygen atoms in total. The van der Waals surface area contributed by atoms with Crippen molar-refractivity contribution in [2.24, 2.45) is 5.84 Å². The molecule has 14 heavy (non-hydrogen) atoms. The molecule has 0 atom stereocenters. The summed E-state index contributed by atoms with van der Waals surface area (Å²) < 4.78 is 25.4. The summed E-state index contributed by atoms with van der Waals surface area (Å²) >= 11 is 2.67. The van der Waals surface area contributed by atoms with Gasteiger partial charge in [0.05, 0.1) is 4.47 Å². The van der Waals surface area contributed by atoms with E-state index in [0.717, 1.165) is 12.1 Å². The normalized spacial score (nSPS) is 9.14. The van der Waals surface area contributed by atoms with Crippen LogP contribution in [0.5, 0.6) is 0 Å². The van der Waals surface area contributed by atoms with Crippen LogP contribution in [0.1, 0.15) is 10.4 Å². The van der Waals surface area contributed by atoms with Crippen molar-refractivity contribution in [3.8, 4) is 0 Å². The Bertz CT molecular complexity index is 339. The summed E-state index contributed by atoms with van der Waals surface area (Å²) in [4.78, 5) is 10.8. The number of nitrogen functional groups attached to an aromatic ring is 1. The Morgan fingerprint density at radius 1 is 1.36 bits per heavy atom. The number of rotatable bonds is 1. The number of hydrazine groups is 1. The zero-order valence-corrected chi connectivity index (χ0v) is 9.08. The second-order valence-corrected chi connectivity index (χ2v) is 3.02. The van der Waals surface area contributed by atoms with Crippen LogP contribution < -0.4 is 11.3 Å². The molecule has 0 aliphatic heterocycles. The van der Waals surface area contributed by atoms with Gasteiger partial charge in [-0.05, 0) is 28.1 Å². The standard InChI is InChI=1S/C7H5BrF2N2O.ClH/c8-6-4(9)1-3(2-5(6)10)7(13)12-11;/h1-2H,11H2,(H,12,13);1H. The molecule has 0 unspecified atom stereocenters. The third-order valence-corrected chi connectivity index (χ3v) is 2.13. The van der Waals surface area contributed by atoms with Gasteiger partial charge in [0.2, 0.25) is 0 Å². The average Bonchev–Trinajstić information content (AvgIpc) is 2.12. The molecule has 3 N–H and O–H groups in total. The lowest BCUT2D eigenvalue weighted by molar-refractivity contribution is 0.0952. The maximum atomic E-state index is 12.8. The van der Waals surface area contributed by atoms with Crippen LogP contribution in [-0.4, -0.2) is 5.91 Å². The molecule has 0 radical (unpaired) electrons. The average molecular weight is 287 g/mol. The lowest BCUT2D eigenvalue weighted by Crippen LogP contribution is -2.30. The van der Waals surface area contributed by atoms with E-state index in [9.17, 15) is 13.6 Å². The Morgan fingerprint density at radius 2 is 1.79 bits per heavy atom. The third kappa shape index (κ3) is 2.63. The van der Waals surface area contributed by atoms with Gasteiger partial charge in [-0.3, -0.25) is 10.2 Å². The van der Waals surface area contributed by atoms with Crippen molar-refractivity contribution >= 4 is 34.2 Å². The van der Waals surface area contributed by atoms with Crippen LogP contribution in [0.15, 0.2) is 16.6 Å². The fourth-order valence-electron chi connectivity index (χ4n) is 0.770. The van der Waals surface area contributed by atoms with Crippen LogP contribution >= 0.6 is 28.3 Å². The topological polar surface area (TPSA) is 55.1 Å². The molecule has 1 rings (SSSR count). The molecule has 0 bridgehead atoms. The van der Waals surface area contributed by atoms with Crippen molar-refractivity contribution in [2.45, 2.75) is 0 Å². The maximum Gasteiger partial charge on any atom is 0.265 e. The SMILES string of the molecule is Cl.NNC(=O)c1cc(F)c(Br)c(F)c1. The zero-order chi connectivity index (χ0) is 10.0. The largest absolute Gasteiger partial charge is 0.290 e. The van der Waals surface area contributed by atoms with E-state index in [1.807, 2.05) is 0 Å². The molecule has 0 fully saturated rings. The summed E-state index contributed by atoms with van der Waals surface area (Å²) in [6.45, 7) is 0. The van der Waals surface area contributed by atoms with Gasteiger partial charge in [-0.25, -0.2) is 14.6 Å². The van der Waals surface area contributed by atoms with Crippen molar-refractivity contribution < 1.29 is 13.6 Å². The van der Waals surface area contributed by atoms with Crippen molar-refractivity contribution in [3.63, 3.8) is 0 Å². The molecule has 0 heterocycles. The van der Waals surface area contributed by atoms with Crippen molar-refractivity contribution in [1.29, 1.82) is 0 Å². The van der Waals surface area contributed by atoms with Gasteiger partial charge in [0, 0.05) is 5.56 Å². The first-order chi connectivity index (χ1) is 6.06. The first-order valence-corrected chi connectivity index (χ1v) is 4.01. The molecular formula is C7H6BrClF2N2O. The highest BCUT2D eigenvalue weighted by Crippen LogP contribution is 2.20. The summed E-state index contributed by atoms with van der Waals surface area (Å²) in [5.41, 5.74) is 1.60. The number of benzene rings is 1. The second kappa shape index (κ2) is 5.23. The molecule has 0 spiro atoms. The fraction of sp³-hybridized carbons (Fsp3) is 0. The Hall–Kier alpha value is -0.720. The number of carbonyl (C=O) groups excluding carboxylic acids is 1. The number of halogens is 4. The Morgan fingerprint density at radius 3 is 2.14 bits per heavy atom. The Labute approximate surface area is 93.2 Å². The second-order valence-electron chi connectivity index (χ2n) is 2.23. The Balaban J connectivity index is 0.00000169. The van der Waals surface area contributed by atoms with Crippen LogP contribution in [0.3, 0.4) is 0 Å². The number of hydrogen-bond donors (Lipinski definition) is 2.